The normalized spacial score (nSPS) is 11.0. The van der Waals surface area contributed by atoms with Gasteiger partial charge in [0.1, 0.15) is 12.8 Å². The lowest BCUT2D eigenvalue weighted by molar-refractivity contribution is -0.617. The van der Waals surface area contributed by atoms with Crippen LogP contribution in [0.1, 0.15) is 0 Å². The number of benzene rings is 3. The van der Waals surface area contributed by atoms with Crippen molar-refractivity contribution in [1.29, 1.82) is 0 Å². The molecule has 0 bridgehead atoms. The standard InChI is InChI=1S/C21H18NO/c1-22-19-12-5-3-10-17(19)21(18-11-4-6-13-20(18)22)15-8-7-9-16(14-15)23-2/h3-14H,1-2H3/q+1. The second kappa shape index (κ2) is 5.40. The molecular weight excluding hydrogens is 282 g/mol. The predicted octanol–water partition coefficient (Wildman–Crippen LogP) is 4.49. The molecule has 2 nitrogen and oxygen atoms in total. The van der Waals surface area contributed by atoms with E-state index in [1.807, 2.05) is 12.1 Å². The fourth-order valence-corrected chi connectivity index (χ4v) is 3.32. The molecule has 1 heterocycles. The summed E-state index contributed by atoms with van der Waals surface area (Å²) in [5, 5.41) is 2.50. The van der Waals surface area contributed by atoms with Crippen LogP contribution in [0.25, 0.3) is 32.9 Å². The Kier molecular flexibility index (Phi) is 3.23. The molecule has 0 atom stereocenters. The van der Waals surface area contributed by atoms with Gasteiger partial charge in [0.05, 0.1) is 17.9 Å². The largest absolute Gasteiger partial charge is 0.497 e. The fraction of sp³-hybridized carbons (Fsp3) is 0.0952. The zero-order chi connectivity index (χ0) is 15.8. The average Bonchev–Trinajstić information content (AvgIpc) is 2.62. The molecule has 4 rings (SSSR count). The van der Waals surface area contributed by atoms with Crippen LogP contribution in [0.4, 0.5) is 0 Å². The van der Waals surface area contributed by atoms with Gasteiger partial charge in [-0.15, -0.1) is 0 Å². The molecule has 23 heavy (non-hydrogen) atoms. The van der Waals surface area contributed by atoms with Crippen LogP contribution >= 0.6 is 0 Å². The number of rotatable bonds is 2. The molecule has 0 aliphatic carbocycles. The van der Waals surface area contributed by atoms with Crippen molar-refractivity contribution in [3.63, 3.8) is 0 Å². The highest BCUT2D eigenvalue weighted by molar-refractivity contribution is 6.07. The molecule has 0 saturated heterocycles. The van der Waals surface area contributed by atoms with E-state index >= 15 is 0 Å². The summed E-state index contributed by atoms with van der Waals surface area (Å²) in [6, 6.07) is 25.4. The molecule has 0 unspecified atom stereocenters. The molecule has 0 fully saturated rings. The van der Waals surface area contributed by atoms with E-state index in [9.17, 15) is 0 Å². The number of aryl methyl sites for hydroxylation is 1. The van der Waals surface area contributed by atoms with Gasteiger partial charge < -0.3 is 4.74 Å². The molecule has 0 spiro atoms. The number of ether oxygens (including phenoxy) is 1. The Bertz CT molecular complexity index is 964. The van der Waals surface area contributed by atoms with Gasteiger partial charge in [-0.3, -0.25) is 0 Å². The summed E-state index contributed by atoms with van der Waals surface area (Å²) in [7, 11) is 3.83. The van der Waals surface area contributed by atoms with Crippen LogP contribution < -0.4 is 9.30 Å². The number of hydrogen-bond donors (Lipinski definition) is 0. The van der Waals surface area contributed by atoms with E-state index in [0.29, 0.717) is 0 Å². The van der Waals surface area contributed by atoms with E-state index in [4.69, 9.17) is 4.74 Å². The van der Waals surface area contributed by atoms with Gasteiger partial charge in [0.25, 0.3) is 0 Å². The van der Waals surface area contributed by atoms with Crippen molar-refractivity contribution in [3.05, 3.63) is 72.8 Å². The van der Waals surface area contributed by atoms with Crippen LogP contribution in [0.2, 0.25) is 0 Å². The van der Waals surface area contributed by atoms with E-state index in [1.54, 1.807) is 7.11 Å². The van der Waals surface area contributed by atoms with Crippen LogP contribution in [0, 0.1) is 0 Å². The molecule has 0 aliphatic rings. The molecule has 0 amide bonds. The van der Waals surface area contributed by atoms with E-state index < -0.39 is 0 Å². The van der Waals surface area contributed by atoms with Gasteiger partial charge in [0.15, 0.2) is 0 Å². The van der Waals surface area contributed by atoms with Gasteiger partial charge in [-0.1, -0.05) is 36.4 Å². The van der Waals surface area contributed by atoms with Gasteiger partial charge in [-0.2, -0.15) is 4.57 Å². The Labute approximate surface area is 135 Å². The maximum Gasteiger partial charge on any atom is 0.213 e. The van der Waals surface area contributed by atoms with Crippen LogP contribution in [0.5, 0.6) is 5.75 Å². The van der Waals surface area contributed by atoms with Crippen molar-refractivity contribution in [2.24, 2.45) is 7.05 Å². The Morgan fingerprint density at radius 1 is 0.739 bits per heavy atom. The average molecular weight is 300 g/mol. The highest BCUT2D eigenvalue weighted by atomic mass is 16.5. The lowest BCUT2D eigenvalue weighted by Crippen LogP contribution is -2.30. The zero-order valence-electron chi connectivity index (χ0n) is 13.3. The summed E-state index contributed by atoms with van der Waals surface area (Å²) in [6.07, 6.45) is 0. The summed E-state index contributed by atoms with van der Waals surface area (Å²) in [6.45, 7) is 0. The lowest BCUT2D eigenvalue weighted by atomic mass is 9.95. The van der Waals surface area contributed by atoms with E-state index in [-0.39, 0.29) is 0 Å². The summed E-state index contributed by atoms with van der Waals surface area (Å²) < 4.78 is 7.68. The minimum absolute atomic E-state index is 0.879. The van der Waals surface area contributed by atoms with Crippen LogP contribution in [0.3, 0.4) is 0 Å². The first-order valence-corrected chi connectivity index (χ1v) is 7.73. The second-order valence-corrected chi connectivity index (χ2v) is 5.70. The predicted molar refractivity (Wildman–Crippen MR) is 94.6 cm³/mol. The first-order valence-electron chi connectivity index (χ1n) is 7.73. The maximum atomic E-state index is 5.42. The van der Waals surface area contributed by atoms with Crippen molar-refractivity contribution >= 4 is 21.8 Å². The van der Waals surface area contributed by atoms with Gasteiger partial charge in [0, 0.05) is 17.7 Å². The van der Waals surface area contributed by atoms with Gasteiger partial charge >= 0.3 is 0 Å². The third-order valence-electron chi connectivity index (χ3n) is 4.43. The Hall–Kier alpha value is -2.87. The SMILES string of the molecule is COc1cccc(-c2c3ccccc3[n+](C)c3ccccc23)c1. The number of nitrogens with zero attached hydrogens (tertiary/aromatic N) is 1. The van der Waals surface area contributed by atoms with Gasteiger partial charge in [-0.25, -0.2) is 0 Å². The molecule has 2 heteroatoms. The van der Waals surface area contributed by atoms with E-state index in [1.165, 1.54) is 32.9 Å². The molecule has 3 aromatic carbocycles. The number of hydrogen-bond acceptors (Lipinski definition) is 1. The van der Waals surface area contributed by atoms with Crippen LogP contribution in [-0.4, -0.2) is 7.11 Å². The molecule has 112 valence electrons. The molecular formula is C21H18NO+. The Balaban J connectivity index is 2.20. The Morgan fingerprint density at radius 3 is 1.96 bits per heavy atom. The van der Waals surface area contributed by atoms with Crippen molar-refractivity contribution in [2.45, 2.75) is 0 Å². The van der Waals surface area contributed by atoms with Crippen molar-refractivity contribution in [3.8, 4) is 16.9 Å². The molecule has 4 aromatic rings. The monoisotopic (exact) mass is 300 g/mol. The first kappa shape index (κ1) is 13.8. The number of aromatic nitrogens is 1. The molecule has 0 saturated carbocycles. The van der Waals surface area contributed by atoms with Crippen molar-refractivity contribution < 1.29 is 9.30 Å². The number of para-hydroxylation sites is 2. The van der Waals surface area contributed by atoms with Crippen molar-refractivity contribution in [1.82, 2.24) is 0 Å². The molecule has 0 aliphatic heterocycles. The molecule has 1 aromatic heterocycles. The number of pyridine rings is 1. The second-order valence-electron chi connectivity index (χ2n) is 5.70. The molecule has 0 radical (unpaired) electrons. The zero-order valence-corrected chi connectivity index (χ0v) is 13.3. The quantitative estimate of drug-likeness (QED) is 0.392. The highest BCUT2D eigenvalue weighted by Crippen LogP contribution is 2.35. The maximum absolute atomic E-state index is 5.42. The summed E-state index contributed by atoms with van der Waals surface area (Å²) in [5.41, 5.74) is 4.89. The summed E-state index contributed by atoms with van der Waals surface area (Å²) in [4.78, 5) is 0. The Morgan fingerprint density at radius 2 is 1.35 bits per heavy atom. The summed E-state index contributed by atoms with van der Waals surface area (Å²) >= 11 is 0. The van der Waals surface area contributed by atoms with E-state index in [0.717, 1.165) is 5.75 Å². The third kappa shape index (κ3) is 2.15. The van der Waals surface area contributed by atoms with Gasteiger partial charge in [-0.05, 0) is 29.8 Å². The third-order valence-corrected chi connectivity index (χ3v) is 4.43. The van der Waals surface area contributed by atoms with Crippen LogP contribution in [0.15, 0.2) is 72.8 Å². The number of methoxy groups -OCH3 is 1. The lowest BCUT2D eigenvalue weighted by Gasteiger charge is -2.11. The summed E-state index contributed by atoms with van der Waals surface area (Å²) in [5.74, 6) is 0.879. The minimum Gasteiger partial charge on any atom is -0.497 e. The van der Waals surface area contributed by atoms with E-state index in [2.05, 4.69) is 72.3 Å². The first-order chi connectivity index (χ1) is 11.3. The molecule has 0 N–H and O–H groups in total. The fourth-order valence-electron chi connectivity index (χ4n) is 3.32. The van der Waals surface area contributed by atoms with Gasteiger partial charge in [0.2, 0.25) is 11.0 Å². The minimum atomic E-state index is 0.879. The number of fused-ring (bicyclic) bond motifs is 2. The van der Waals surface area contributed by atoms with Crippen LogP contribution in [-0.2, 0) is 7.05 Å². The highest BCUT2D eigenvalue weighted by Gasteiger charge is 2.18. The topological polar surface area (TPSA) is 13.1 Å². The van der Waals surface area contributed by atoms with Crippen molar-refractivity contribution in [2.75, 3.05) is 7.11 Å². The smallest absolute Gasteiger partial charge is 0.213 e.